The van der Waals surface area contributed by atoms with Gasteiger partial charge in [0.25, 0.3) is 0 Å². The first-order valence-corrected chi connectivity index (χ1v) is 12.0. The molecule has 0 unspecified atom stereocenters. The molecule has 1 aromatic heterocycles. The summed E-state index contributed by atoms with van der Waals surface area (Å²) in [5.74, 6) is -2.87. The Morgan fingerprint density at radius 1 is 0.868 bits per heavy atom. The minimum atomic E-state index is -1.38. The molecule has 1 aliphatic rings. The molecule has 2 heterocycles. The molecule has 5 atom stereocenters. The lowest BCUT2D eigenvalue weighted by molar-refractivity contribution is -0.268. The molecular weight excluding hydrogens is 516 g/mol. The van der Waals surface area contributed by atoms with Crippen LogP contribution in [0, 0.1) is 16.0 Å². The van der Waals surface area contributed by atoms with Crippen LogP contribution in [0.4, 0.5) is 0 Å². The van der Waals surface area contributed by atoms with Crippen molar-refractivity contribution >= 4 is 36.1 Å². The average molecular weight is 543 g/mol. The summed E-state index contributed by atoms with van der Waals surface area (Å²) in [5.41, 5.74) is 1.32. The van der Waals surface area contributed by atoms with Gasteiger partial charge in [0.05, 0.1) is 11.3 Å². The first kappa shape index (κ1) is 28.5. The number of nitrogens with zero attached hydrogens (tertiary/aromatic N) is 2. The predicted octanol–water partition coefficient (Wildman–Crippen LogP) is 3.01. The summed E-state index contributed by atoms with van der Waals surface area (Å²) in [6, 6.07) is 14.3. The lowest BCUT2D eigenvalue weighted by atomic mass is 9.96. The van der Waals surface area contributed by atoms with Gasteiger partial charge in [0.2, 0.25) is 0 Å². The van der Waals surface area contributed by atoms with Crippen molar-refractivity contribution in [1.82, 2.24) is 4.57 Å². The number of rotatable bonds is 7. The fourth-order valence-electron chi connectivity index (χ4n) is 4.15. The van der Waals surface area contributed by atoms with Crippen LogP contribution in [0.5, 0.6) is 0 Å². The number of nitriles is 1. The fraction of sp³-hybridized carbons (Fsp3) is 0.385. The number of pyridine rings is 1. The maximum Gasteiger partial charge on any atom is 0.303 e. The lowest BCUT2D eigenvalue weighted by Gasteiger charge is -2.45. The summed E-state index contributed by atoms with van der Waals surface area (Å²) in [5, 5.41) is 9.68. The van der Waals surface area contributed by atoms with E-state index in [1.54, 1.807) is 36.4 Å². The Bertz CT molecular complexity index is 1320. The van der Waals surface area contributed by atoms with Gasteiger partial charge in [-0.05, 0) is 17.7 Å². The molecule has 2 aromatic rings. The Balaban J connectivity index is 2.29. The largest absolute Gasteiger partial charge is 0.463 e. The van der Waals surface area contributed by atoms with Gasteiger partial charge >= 0.3 is 23.9 Å². The number of benzene rings is 1. The maximum absolute atomic E-state index is 12.2. The Hall–Kier alpha value is -4.08. The second kappa shape index (κ2) is 12.4. The molecule has 0 amide bonds. The SMILES string of the molecule is CC(=O)OC[C@H]1O[C@@H](n2c(-c3ccccc3)ccc(C#N)c2=S)[C@H](OC(C)=O)[C@@H](OC(C)=O)[C@@H]1OC(C)=O. The minimum Gasteiger partial charge on any atom is -0.463 e. The summed E-state index contributed by atoms with van der Waals surface area (Å²) >= 11 is 5.64. The predicted molar refractivity (Wildman–Crippen MR) is 133 cm³/mol. The van der Waals surface area contributed by atoms with E-state index in [1.807, 2.05) is 12.1 Å². The van der Waals surface area contributed by atoms with Crippen molar-refractivity contribution in [2.24, 2.45) is 0 Å². The van der Waals surface area contributed by atoms with Crippen LogP contribution in [0.3, 0.4) is 0 Å². The van der Waals surface area contributed by atoms with Gasteiger partial charge < -0.3 is 28.3 Å². The van der Waals surface area contributed by atoms with Crippen LogP contribution in [0.2, 0.25) is 0 Å². The van der Waals surface area contributed by atoms with Crippen LogP contribution in [0.25, 0.3) is 11.3 Å². The fourth-order valence-corrected chi connectivity index (χ4v) is 4.46. The highest BCUT2D eigenvalue weighted by molar-refractivity contribution is 7.71. The highest BCUT2D eigenvalue weighted by Gasteiger charge is 2.53. The van der Waals surface area contributed by atoms with Crippen LogP contribution in [-0.4, -0.2) is 59.5 Å². The molecule has 38 heavy (non-hydrogen) atoms. The number of hydrogen-bond donors (Lipinski definition) is 0. The Morgan fingerprint density at radius 3 is 2.00 bits per heavy atom. The Morgan fingerprint density at radius 2 is 1.45 bits per heavy atom. The zero-order chi connectivity index (χ0) is 28.0. The van der Waals surface area contributed by atoms with E-state index in [0.29, 0.717) is 11.3 Å². The van der Waals surface area contributed by atoms with Crippen LogP contribution in [0.1, 0.15) is 39.5 Å². The molecule has 0 radical (unpaired) electrons. The van der Waals surface area contributed by atoms with E-state index >= 15 is 0 Å². The molecule has 200 valence electrons. The van der Waals surface area contributed by atoms with Crippen LogP contribution in [0.15, 0.2) is 42.5 Å². The Labute approximate surface area is 223 Å². The quantitative estimate of drug-likeness (QED) is 0.289. The number of aromatic nitrogens is 1. The third kappa shape index (κ3) is 6.62. The van der Waals surface area contributed by atoms with E-state index in [-0.39, 0.29) is 16.8 Å². The summed E-state index contributed by atoms with van der Waals surface area (Å²) in [4.78, 5) is 48.0. The van der Waals surface area contributed by atoms with Crippen molar-refractivity contribution in [3.63, 3.8) is 0 Å². The third-order valence-electron chi connectivity index (χ3n) is 5.53. The highest BCUT2D eigenvalue weighted by Crippen LogP contribution is 2.38. The molecule has 0 N–H and O–H groups in total. The second-order valence-electron chi connectivity index (χ2n) is 8.38. The van der Waals surface area contributed by atoms with Crippen molar-refractivity contribution < 1.29 is 42.9 Å². The molecule has 11 nitrogen and oxygen atoms in total. The third-order valence-corrected chi connectivity index (χ3v) is 5.94. The van der Waals surface area contributed by atoms with E-state index in [2.05, 4.69) is 0 Å². The Kier molecular flexibility index (Phi) is 9.33. The molecule has 0 saturated carbocycles. The molecule has 1 aromatic carbocycles. The van der Waals surface area contributed by atoms with Crippen molar-refractivity contribution in [3.8, 4) is 17.3 Å². The van der Waals surface area contributed by atoms with E-state index < -0.39 is 54.5 Å². The second-order valence-corrected chi connectivity index (χ2v) is 8.76. The van der Waals surface area contributed by atoms with Crippen molar-refractivity contribution in [3.05, 3.63) is 52.7 Å². The van der Waals surface area contributed by atoms with Crippen molar-refractivity contribution in [2.75, 3.05) is 6.61 Å². The van der Waals surface area contributed by atoms with E-state index in [1.165, 1.54) is 11.5 Å². The molecule has 0 spiro atoms. The first-order valence-electron chi connectivity index (χ1n) is 11.5. The van der Waals surface area contributed by atoms with Crippen molar-refractivity contribution in [2.45, 2.75) is 58.3 Å². The van der Waals surface area contributed by atoms with Gasteiger partial charge in [-0.15, -0.1) is 0 Å². The summed E-state index contributed by atoms with van der Waals surface area (Å²) in [7, 11) is 0. The zero-order valence-electron chi connectivity index (χ0n) is 21.1. The number of esters is 4. The standard InChI is InChI=1S/C26H26N2O9S/c1-14(29)33-13-21-22(34-15(2)30)23(35-16(3)31)24(36-17(4)32)25(37-21)28-20(18-8-6-5-7-9-18)11-10-19(12-27)26(28)38/h5-11,21-25H,13H2,1-4H3/t21-,22-,23+,24-,25-/m1/s1. The van der Waals surface area contributed by atoms with Crippen LogP contribution >= 0.6 is 12.2 Å². The number of hydrogen-bond acceptors (Lipinski definition) is 11. The smallest absolute Gasteiger partial charge is 0.303 e. The van der Waals surface area contributed by atoms with Gasteiger partial charge in [-0.1, -0.05) is 42.5 Å². The monoisotopic (exact) mass is 542 g/mol. The molecule has 3 rings (SSSR count). The van der Waals surface area contributed by atoms with Gasteiger partial charge in [0, 0.05) is 27.7 Å². The molecule has 0 bridgehead atoms. The normalized spacial score (nSPS) is 22.4. The molecule has 0 aliphatic carbocycles. The van der Waals surface area contributed by atoms with Gasteiger partial charge in [-0.25, -0.2) is 0 Å². The first-order chi connectivity index (χ1) is 18.0. The molecule has 12 heteroatoms. The van der Waals surface area contributed by atoms with E-state index in [9.17, 15) is 24.4 Å². The topological polar surface area (TPSA) is 143 Å². The van der Waals surface area contributed by atoms with Gasteiger partial charge in [0.15, 0.2) is 24.5 Å². The molecule has 1 fully saturated rings. The minimum absolute atomic E-state index is 0.0507. The number of ether oxygens (including phenoxy) is 5. The summed E-state index contributed by atoms with van der Waals surface area (Å²) in [6.07, 6.45) is -6.52. The van der Waals surface area contributed by atoms with Crippen molar-refractivity contribution in [1.29, 1.82) is 5.26 Å². The molecule has 1 aliphatic heterocycles. The highest BCUT2D eigenvalue weighted by atomic mass is 32.1. The number of carbonyl (C=O) groups is 4. The summed E-state index contributed by atoms with van der Waals surface area (Å²) < 4.78 is 29.5. The summed E-state index contributed by atoms with van der Waals surface area (Å²) in [6.45, 7) is 4.22. The van der Waals surface area contributed by atoms with E-state index in [0.717, 1.165) is 20.8 Å². The van der Waals surface area contributed by atoms with Crippen LogP contribution in [-0.2, 0) is 42.9 Å². The van der Waals surface area contributed by atoms with Gasteiger partial charge in [-0.3, -0.25) is 19.2 Å². The zero-order valence-corrected chi connectivity index (χ0v) is 21.9. The molecule has 1 saturated heterocycles. The van der Waals surface area contributed by atoms with E-state index in [4.69, 9.17) is 35.9 Å². The maximum atomic E-state index is 12.2. The van der Waals surface area contributed by atoms with Gasteiger partial charge in [0.1, 0.15) is 23.4 Å². The van der Waals surface area contributed by atoms with Crippen LogP contribution < -0.4 is 0 Å². The lowest BCUT2D eigenvalue weighted by Crippen LogP contribution is -2.60. The average Bonchev–Trinajstić information content (AvgIpc) is 2.85. The molecular formula is C26H26N2O9S. The van der Waals surface area contributed by atoms with Gasteiger partial charge in [-0.2, -0.15) is 5.26 Å². The number of carbonyl (C=O) groups excluding carboxylic acids is 4.